The van der Waals surface area contributed by atoms with Crippen molar-refractivity contribution in [1.29, 1.82) is 0 Å². The number of ketones is 1. The van der Waals surface area contributed by atoms with E-state index in [0.717, 1.165) is 0 Å². The highest BCUT2D eigenvalue weighted by atomic mass is 32.2. The molecule has 0 aliphatic heterocycles. The number of carbonyl (C=O) groups excluding carboxylic acids is 2. The molecule has 202 valence electrons. The van der Waals surface area contributed by atoms with Gasteiger partial charge in [0, 0.05) is 43.3 Å². The zero-order valence-corrected chi connectivity index (χ0v) is 22.2. The van der Waals surface area contributed by atoms with Crippen LogP contribution < -0.4 is 5.32 Å². The summed E-state index contributed by atoms with van der Waals surface area (Å²) in [4.78, 5) is 29.2. The maximum atomic E-state index is 12.7. The van der Waals surface area contributed by atoms with Gasteiger partial charge in [-0.05, 0) is 66.2 Å². The lowest BCUT2D eigenvalue weighted by Gasteiger charge is -2.15. The zero-order valence-electron chi connectivity index (χ0n) is 20.6. The Hall–Kier alpha value is -3.90. The van der Waals surface area contributed by atoms with E-state index in [0.29, 0.717) is 44.1 Å². The van der Waals surface area contributed by atoms with E-state index in [1.54, 1.807) is 6.07 Å². The molecule has 1 unspecified atom stereocenters. The monoisotopic (exact) mass is 561 g/mol. The fraction of sp³-hybridized carbons (Fsp3) is 0.391. The molecule has 2 aromatic carbocycles. The SMILES string of the molecule is CCC(CCCCCC(=O)Cc1cccc(S(=O)(=O)N=[N+]=[N-])c1)C(=O)Nc1cccc(S(=O)(=O)N=[N+]=[N-])c1. The molecule has 2 rings (SSSR count). The number of hydrogen-bond donors (Lipinski definition) is 1. The third-order valence-electron chi connectivity index (χ3n) is 5.66. The number of benzene rings is 2. The molecule has 0 aliphatic carbocycles. The average molecular weight is 562 g/mol. The van der Waals surface area contributed by atoms with E-state index in [1.807, 2.05) is 6.92 Å². The van der Waals surface area contributed by atoms with Crippen LogP contribution in [-0.4, -0.2) is 28.5 Å². The molecule has 0 spiro atoms. The third kappa shape index (κ3) is 9.20. The van der Waals surface area contributed by atoms with Crippen molar-refractivity contribution in [1.82, 2.24) is 0 Å². The van der Waals surface area contributed by atoms with Crippen LogP contribution in [0.1, 0.15) is 51.0 Å². The Balaban J connectivity index is 1.82. The van der Waals surface area contributed by atoms with Crippen molar-refractivity contribution in [2.24, 2.45) is 15.0 Å². The number of sulfonamides is 2. The van der Waals surface area contributed by atoms with Crippen LogP contribution in [0.3, 0.4) is 0 Å². The zero-order chi connectivity index (χ0) is 28.2. The number of azide groups is 2. The van der Waals surface area contributed by atoms with Gasteiger partial charge in [0.1, 0.15) is 5.78 Å². The molecule has 0 radical (unpaired) electrons. The topological polar surface area (TPSA) is 212 Å². The van der Waals surface area contributed by atoms with Crippen LogP contribution in [0, 0.1) is 5.92 Å². The molecule has 38 heavy (non-hydrogen) atoms. The first-order valence-electron chi connectivity index (χ1n) is 11.7. The fourth-order valence-corrected chi connectivity index (χ4v) is 5.17. The number of amides is 1. The second-order valence-electron chi connectivity index (χ2n) is 8.38. The Kier molecular flexibility index (Phi) is 11.3. The first kappa shape index (κ1) is 30.3. The normalized spacial score (nSPS) is 12.0. The molecule has 1 amide bonds. The lowest BCUT2D eigenvalue weighted by atomic mass is 9.96. The van der Waals surface area contributed by atoms with Crippen molar-refractivity contribution in [2.75, 3.05) is 5.32 Å². The van der Waals surface area contributed by atoms with Crippen LogP contribution in [-0.2, 0) is 36.1 Å². The van der Waals surface area contributed by atoms with Gasteiger partial charge in [-0.3, -0.25) is 9.59 Å². The average Bonchev–Trinajstić information content (AvgIpc) is 2.86. The van der Waals surface area contributed by atoms with Gasteiger partial charge in [0.15, 0.2) is 0 Å². The minimum Gasteiger partial charge on any atom is -0.326 e. The summed E-state index contributed by atoms with van der Waals surface area (Å²) in [5.41, 5.74) is 17.6. The van der Waals surface area contributed by atoms with Gasteiger partial charge in [0.2, 0.25) is 5.91 Å². The molecule has 0 bridgehead atoms. The number of unbranched alkanes of at least 4 members (excludes halogenated alkanes) is 2. The van der Waals surface area contributed by atoms with Gasteiger partial charge < -0.3 is 5.32 Å². The highest BCUT2D eigenvalue weighted by Crippen LogP contribution is 2.21. The molecule has 0 saturated heterocycles. The van der Waals surface area contributed by atoms with Gasteiger partial charge >= 0.3 is 0 Å². The number of anilines is 1. The minimum absolute atomic E-state index is 0.0497. The summed E-state index contributed by atoms with van der Waals surface area (Å²) >= 11 is 0. The molecular weight excluding hydrogens is 534 g/mol. The summed E-state index contributed by atoms with van der Waals surface area (Å²) in [5, 5.41) is 2.70. The van der Waals surface area contributed by atoms with Crippen LogP contribution in [0.4, 0.5) is 5.69 Å². The summed E-state index contributed by atoms with van der Waals surface area (Å²) in [5.74, 6) is -0.648. The van der Waals surface area contributed by atoms with Crippen LogP contribution in [0.2, 0.25) is 0 Å². The maximum Gasteiger partial charge on any atom is 0.264 e. The van der Waals surface area contributed by atoms with Gasteiger partial charge in [-0.15, -0.1) is 0 Å². The van der Waals surface area contributed by atoms with E-state index in [2.05, 4.69) is 24.2 Å². The first-order valence-corrected chi connectivity index (χ1v) is 14.5. The predicted octanol–water partition coefficient (Wildman–Crippen LogP) is 5.41. The minimum atomic E-state index is -4.17. The Morgan fingerprint density at radius 1 is 0.895 bits per heavy atom. The van der Waals surface area contributed by atoms with Gasteiger partial charge in [-0.2, -0.15) is 0 Å². The van der Waals surface area contributed by atoms with Crippen LogP contribution in [0.25, 0.3) is 20.9 Å². The summed E-state index contributed by atoms with van der Waals surface area (Å²) < 4.78 is 53.1. The molecule has 13 nitrogen and oxygen atoms in total. The van der Waals surface area contributed by atoms with Gasteiger partial charge in [0.25, 0.3) is 20.0 Å². The Bertz CT molecular complexity index is 1480. The molecule has 15 heteroatoms. The van der Waals surface area contributed by atoms with Crippen LogP contribution >= 0.6 is 0 Å². The van der Waals surface area contributed by atoms with E-state index >= 15 is 0 Å². The molecule has 0 aromatic heterocycles. The number of Topliss-reactive ketones (excluding diaryl/α,β-unsaturated/α-hetero) is 1. The van der Waals surface area contributed by atoms with Crippen molar-refractivity contribution in [3.8, 4) is 0 Å². The second kappa shape index (κ2) is 14.1. The molecule has 1 atom stereocenters. The molecular formula is C23H27N7O6S2. The smallest absolute Gasteiger partial charge is 0.264 e. The quantitative estimate of drug-likeness (QED) is 0.130. The van der Waals surface area contributed by atoms with Crippen molar-refractivity contribution in [2.45, 2.75) is 61.7 Å². The summed E-state index contributed by atoms with van der Waals surface area (Å²) in [6, 6.07) is 11.2. The van der Waals surface area contributed by atoms with Crippen molar-refractivity contribution < 1.29 is 26.4 Å². The summed E-state index contributed by atoms with van der Waals surface area (Å²) in [6.45, 7) is 1.87. The number of hydrogen-bond acceptors (Lipinski definition) is 6. The summed E-state index contributed by atoms with van der Waals surface area (Å²) in [7, 11) is -8.29. The highest BCUT2D eigenvalue weighted by molar-refractivity contribution is 7.90. The molecule has 0 heterocycles. The number of carbonyl (C=O) groups is 2. The third-order valence-corrected chi connectivity index (χ3v) is 7.93. The summed E-state index contributed by atoms with van der Waals surface area (Å²) in [6.07, 6.45) is 3.50. The molecule has 1 N–H and O–H groups in total. The standard InChI is InChI=1S/C23H27N7O6S2/c1-2-18(23(32)26-19-10-7-13-22(16-19)38(35,36)30-28-25)9-4-3-5-11-20(31)14-17-8-6-12-21(15-17)37(33,34)29-27-24/h6-8,10,12-13,15-16,18H,2-5,9,11,14H2,1H3,(H,26,32). The fourth-order valence-electron chi connectivity index (χ4n) is 3.71. The highest BCUT2D eigenvalue weighted by Gasteiger charge is 2.18. The Morgan fingerprint density at radius 2 is 1.50 bits per heavy atom. The molecule has 0 aliphatic rings. The van der Waals surface area contributed by atoms with Gasteiger partial charge in [-0.1, -0.05) is 38.0 Å². The van der Waals surface area contributed by atoms with Crippen LogP contribution in [0.5, 0.6) is 0 Å². The Morgan fingerprint density at radius 3 is 2.11 bits per heavy atom. The van der Waals surface area contributed by atoms with E-state index in [9.17, 15) is 26.4 Å². The Labute approximate surface area is 220 Å². The lowest BCUT2D eigenvalue weighted by Crippen LogP contribution is -2.22. The second-order valence-corrected chi connectivity index (χ2v) is 11.5. The van der Waals surface area contributed by atoms with Gasteiger partial charge in [0.05, 0.1) is 9.79 Å². The van der Waals surface area contributed by atoms with Gasteiger partial charge in [-0.25, -0.2) is 16.8 Å². The van der Waals surface area contributed by atoms with Crippen molar-refractivity contribution in [3.63, 3.8) is 0 Å². The van der Waals surface area contributed by atoms with E-state index < -0.39 is 20.0 Å². The lowest BCUT2D eigenvalue weighted by molar-refractivity contribution is -0.120. The van der Waals surface area contributed by atoms with Crippen molar-refractivity contribution >= 4 is 37.4 Å². The largest absolute Gasteiger partial charge is 0.326 e. The van der Waals surface area contributed by atoms with E-state index in [4.69, 9.17) is 11.1 Å². The van der Waals surface area contributed by atoms with E-state index in [1.165, 1.54) is 42.5 Å². The van der Waals surface area contributed by atoms with E-state index in [-0.39, 0.29) is 39.5 Å². The molecule has 0 saturated carbocycles. The predicted molar refractivity (Wildman–Crippen MR) is 140 cm³/mol. The molecule has 0 fully saturated rings. The molecule has 2 aromatic rings. The first-order chi connectivity index (χ1) is 18.0. The number of rotatable bonds is 15. The maximum absolute atomic E-state index is 12.7. The number of nitrogens with one attached hydrogen (secondary N) is 1. The van der Waals surface area contributed by atoms with Crippen molar-refractivity contribution in [3.05, 3.63) is 75.0 Å². The van der Waals surface area contributed by atoms with Crippen LogP contribution in [0.15, 0.2) is 67.4 Å². The number of nitrogens with zero attached hydrogens (tertiary/aromatic N) is 6.